The topological polar surface area (TPSA) is 39.3 Å². The fraction of sp³-hybridized carbons (Fsp3) is 0.500. The number of piperidine rings is 1. The lowest BCUT2D eigenvalue weighted by atomic mass is 9.90. The fourth-order valence-electron chi connectivity index (χ4n) is 4.53. The van der Waals surface area contributed by atoms with Crippen LogP contribution in [0.5, 0.6) is 0 Å². The number of H-pyrrole nitrogens is 1. The monoisotopic (exact) mass is 351 g/mol. The van der Waals surface area contributed by atoms with Crippen molar-refractivity contribution in [2.75, 3.05) is 26.2 Å². The second-order valence-corrected chi connectivity index (χ2v) is 7.77. The van der Waals surface area contributed by atoms with E-state index in [0.29, 0.717) is 24.4 Å². The van der Waals surface area contributed by atoms with Crippen LogP contribution in [0, 0.1) is 5.92 Å². The van der Waals surface area contributed by atoms with Gasteiger partial charge in [-0.3, -0.25) is 9.69 Å². The quantitative estimate of drug-likeness (QED) is 0.893. The summed E-state index contributed by atoms with van der Waals surface area (Å²) in [5.74, 6) is 1.02. The van der Waals surface area contributed by atoms with Gasteiger partial charge < -0.3 is 9.88 Å². The second kappa shape index (κ2) is 8.09. The van der Waals surface area contributed by atoms with Crippen molar-refractivity contribution in [1.29, 1.82) is 0 Å². The van der Waals surface area contributed by atoms with Crippen LogP contribution >= 0.6 is 0 Å². The fourth-order valence-corrected chi connectivity index (χ4v) is 4.53. The number of nitrogens with one attached hydrogen (secondary N) is 1. The number of aromatic nitrogens is 1. The zero-order valence-corrected chi connectivity index (χ0v) is 15.4. The number of amides is 1. The molecule has 0 bridgehead atoms. The molecule has 1 N–H and O–H groups in total. The predicted octanol–water partition coefficient (Wildman–Crippen LogP) is 3.63. The molecule has 0 unspecified atom stereocenters. The highest BCUT2D eigenvalue weighted by Gasteiger charge is 2.30. The smallest absolute Gasteiger partial charge is 0.236 e. The Balaban J connectivity index is 1.27. The SMILES string of the molecule is O=C(CN1CCC[C@@H]1c1ccc[nH]1)N1CCC(Cc2ccccc2)CC1. The molecule has 4 nitrogen and oxygen atoms in total. The van der Waals surface area contributed by atoms with Crippen molar-refractivity contribution in [3.63, 3.8) is 0 Å². The van der Waals surface area contributed by atoms with Crippen molar-refractivity contribution in [3.8, 4) is 0 Å². The summed E-state index contributed by atoms with van der Waals surface area (Å²) in [6.45, 7) is 3.42. The van der Waals surface area contributed by atoms with E-state index in [1.54, 1.807) is 0 Å². The van der Waals surface area contributed by atoms with Gasteiger partial charge in [0.25, 0.3) is 0 Å². The van der Waals surface area contributed by atoms with Gasteiger partial charge in [0.1, 0.15) is 0 Å². The van der Waals surface area contributed by atoms with Crippen LogP contribution in [0.3, 0.4) is 0 Å². The number of carbonyl (C=O) groups excluding carboxylic acids is 1. The summed E-state index contributed by atoms with van der Waals surface area (Å²) >= 11 is 0. The summed E-state index contributed by atoms with van der Waals surface area (Å²) in [5, 5.41) is 0. The molecule has 3 heterocycles. The van der Waals surface area contributed by atoms with Gasteiger partial charge in [0.2, 0.25) is 5.91 Å². The highest BCUT2D eigenvalue weighted by molar-refractivity contribution is 5.78. The molecule has 138 valence electrons. The highest BCUT2D eigenvalue weighted by atomic mass is 16.2. The average molecular weight is 351 g/mol. The van der Waals surface area contributed by atoms with E-state index in [4.69, 9.17) is 0 Å². The maximum Gasteiger partial charge on any atom is 0.236 e. The van der Waals surface area contributed by atoms with Gasteiger partial charge in [-0.15, -0.1) is 0 Å². The molecular weight excluding hydrogens is 322 g/mol. The van der Waals surface area contributed by atoms with Crippen LogP contribution in [0.25, 0.3) is 0 Å². The molecule has 0 radical (unpaired) electrons. The van der Waals surface area contributed by atoms with Gasteiger partial charge in [-0.2, -0.15) is 0 Å². The first-order valence-electron chi connectivity index (χ1n) is 9.98. The number of hydrogen-bond acceptors (Lipinski definition) is 2. The van der Waals surface area contributed by atoms with Gasteiger partial charge in [0, 0.05) is 25.0 Å². The summed E-state index contributed by atoms with van der Waals surface area (Å²) in [6, 6.07) is 15.3. The average Bonchev–Trinajstić information content (AvgIpc) is 3.34. The molecule has 2 fully saturated rings. The Morgan fingerprint density at radius 1 is 1.00 bits per heavy atom. The van der Waals surface area contributed by atoms with Crippen LogP contribution in [-0.2, 0) is 11.2 Å². The van der Waals surface area contributed by atoms with Crippen molar-refractivity contribution < 1.29 is 4.79 Å². The third kappa shape index (κ3) is 4.01. The van der Waals surface area contributed by atoms with Crippen LogP contribution in [0.1, 0.15) is 43.0 Å². The number of benzene rings is 1. The van der Waals surface area contributed by atoms with Gasteiger partial charge in [-0.1, -0.05) is 30.3 Å². The molecule has 26 heavy (non-hydrogen) atoms. The lowest BCUT2D eigenvalue weighted by Gasteiger charge is -2.34. The summed E-state index contributed by atoms with van der Waals surface area (Å²) in [6.07, 6.45) is 7.69. The van der Waals surface area contributed by atoms with Gasteiger partial charge in [-0.05, 0) is 62.3 Å². The van der Waals surface area contributed by atoms with Crippen LogP contribution in [0.4, 0.5) is 0 Å². The lowest BCUT2D eigenvalue weighted by molar-refractivity contribution is -0.134. The van der Waals surface area contributed by atoms with E-state index < -0.39 is 0 Å². The first-order valence-corrected chi connectivity index (χ1v) is 9.98. The maximum absolute atomic E-state index is 12.8. The number of hydrogen-bond donors (Lipinski definition) is 1. The molecule has 4 heteroatoms. The third-order valence-electron chi connectivity index (χ3n) is 6.02. The van der Waals surface area contributed by atoms with Crippen LogP contribution in [0.2, 0.25) is 0 Å². The zero-order chi connectivity index (χ0) is 17.8. The van der Waals surface area contributed by atoms with Crippen molar-refractivity contribution in [2.24, 2.45) is 5.92 Å². The molecule has 2 aliphatic heterocycles. The molecule has 0 aliphatic carbocycles. The number of aromatic amines is 1. The molecule has 4 rings (SSSR count). The van der Waals surface area contributed by atoms with E-state index in [0.717, 1.165) is 45.3 Å². The minimum atomic E-state index is 0.307. The zero-order valence-electron chi connectivity index (χ0n) is 15.4. The summed E-state index contributed by atoms with van der Waals surface area (Å²) in [5.41, 5.74) is 2.67. The van der Waals surface area contributed by atoms with Gasteiger partial charge in [0.15, 0.2) is 0 Å². The van der Waals surface area contributed by atoms with E-state index in [1.165, 1.54) is 17.7 Å². The molecule has 0 saturated carbocycles. The normalized spacial score (nSPS) is 22.0. The van der Waals surface area contributed by atoms with Crippen LogP contribution in [-0.4, -0.2) is 46.9 Å². The number of likely N-dealkylation sites (tertiary alicyclic amines) is 2. The standard InChI is InChI=1S/C22H29N3O/c26-22(17-25-13-5-9-21(25)20-8-4-12-23-20)24-14-10-19(11-15-24)16-18-6-2-1-3-7-18/h1-4,6-8,12,19,21,23H,5,9-11,13-17H2/t21-/m1/s1. The van der Waals surface area contributed by atoms with Crippen molar-refractivity contribution >= 4 is 5.91 Å². The van der Waals surface area contributed by atoms with E-state index in [9.17, 15) is 4.79 Å². The predicted molar refractivity (Wildman–Crippen MR) is 104 cm³/mol. The highest BCUT2D eigenvalue weighted by Crippen LogP contribution is 2.31. The Kier molecular flexibility index (Phi) is 5.40. The van der Waals surface area contributed by atoms with E-state index >= 15 is 0 Å². The molecule has 2 saturated heterocycles. The number of rotatable bonds is 5. The minimum absolute atomic E-state index is 0.307. The Labute approximate surface area is 156 Å². The minimum Gasteiger partial charge on any atom is -0.364 e. The molecular formula is C22H29N3O. The maximum atomic E-state index is 12.8. The summed E-state index contributed by atoms with van der Waals surface area (Å²) in [4.78, 5) is 20.6. The number of carbonyl (C=O) groups is 1. The molecule has 1 aromatic heterocycles. The molecule has 1 aromatic carbocycles. The van der Waals surface area contributed by atoms with E-state index in [1.807, 2.05) is 12.3 Å². The molecule has 1 amide bonds. The van der Waals surface area contributed by atoms with Gasteiger partial charge in [0.05, 0.1) is 12.6 Å². The second-order valence-electron chi connectivity index (χ2n) is 7.77. The summed E-state index contributed by atoms with van der Waals surface area (Å²) in [7, 11) is 0. The Morgan fingerprint density at radius 3 is 2.54 bits per heavy atom. The molecule has 0 spiro atoms. The van der Waals surface area contributed by atoms with Crippen molar-refractivity contribution in [2.45, 2.75) is 38.1 Å². The van der Waals surface area contributed by atoms with Crippen molar-refractivity contribution in [3.05, 3.63) is 59.9 Å². The van der Waals surface area contributed by atoms with Gasteiger partial charge in [-0.25, -0.2) is 0 Å². The van der Waals surface area contributed by atoms with Gasteiger partial charge >= 0.3 is 0 Å². The summed E-state index contributed by atoms with van der Waals surface area (Å²) < 4.78 is 0. The first kappa shape index (κ1) is 17.3. The lowest BCUT2D eigenvalue weighted by Crippen LogP contribution is -2.44. The molecule has 2 aromatic rings. The van der Waals surface area contributed by atoms with E-state index in [2.05, 4.69) is 51.2 Å². The Hall–Kier alpha value is -2.07. The largest absolute Gasteiger partial charge is 0.364 e. The Morgan fingerprint density at radius 2 is 1.81 bits per heavy atom. The Bertz CT molecular complexity index is 689. The van der Waals surface area contributed by atoms with Crippen LogP contribution < -0.4 is 0 Å². The van der Waals surface area contributed by atoms with E-state index in [-0.39, 0.29) is 0 Å². The van der Waals surface area contributed by atoms with Crippen LogP contribution in [0.15, 0.2) is 48.7 Å². The molecule has 2 aliphatic rings. The first-order chi connectivity index (χ1) is 12.8. The number of nitrogens with zero attached hydrogens (tertiary/aromatic N) is 2. The molecule has 1 atom stereocenters. The third-order valence-corrected chi connectivity index (χ3v) is 6.02. The van der Waals surface area contributed by atoms with Crippen molar-refractivity contribution in [1.82, 2.24) is 14.8 Å².